The lowest BCUT2D eigenvalue weighted by Crippen LogP contribution is -2.58. The highest BCUT2D eigenvalue weighted by molar-refractivity contribution is 5.66. The Hall–Kier alpha value is -0.610. The molecule has 0 spiro atoms. The zero-order valence-electron chi connectivity index (χ0n) is 17.9. The first-order valence-electron chi connectivity index (χ1n) is 11.8. The van der Waals surface area contributed by atoms with Gasteiger partial charge in [0.05, 0.1) is 12.2 Å². The molecule has 4 nitrogen and oxygen atoms in total. The van der Waals surface area contributed by atoms with Crippen molar-refractivity contribution in [1.82, 2.24) is 0 Å². The smallest absolute Gasteiger partial charge is 0.303 e. The molecule has 4 fully saturated rings. The van der Waals surface area contributed by atoms with Gasteiger partial charge in [-0.3, -0.25) is 4.79 Å². The number of rotatable bonds is 4. The molecule has 4 aliphatic carbocycles. The van der Waals surface area contributed by atoms with Crippen LogP contribution in [0.25, 0.3) is 0 Å². The van der Waals surface area contributed by atoms with Gasteiger partial charge in [-0.2, -0.15) is 0 Å². The lowest BCUT2D eigenvalue weighted by atomic mass is 9.43. The number of carboxylic acids is 1. The molecule has 0 saturated heterocycles. The molecular formula is C24H40O4. The average molecular weight is 393 g/mol. The Labute approximate surface area is 170 Å². The van der Waals surface area contributed by atoms with Gasteiger partial charge in [0.15, 0.2) is 0 Å². The highest BCUT2D eigenvalue weighted by Gasteiger charge is 2.63. The highest BCUT2D eigenvalue weighted by atomic mass is 16.4. The van der Waals surface area contributed by atoms with Crippen molar-refractivity contribution in [1.29, 1.82) is 0 Å². The van der Waals surface area contributed by atoms with Crippen LogP contribution >= 0.6 is 0 Å². The van der Waals surface area contributed by atoms with Gasteiger partial charge in [0.1, 0.15) is 0 Å². The maximum Gasteiger partial charge on any atom is 0.303 e. The van der Waals surface area contributed by atoms with Crippen LogP contribution in [0.15, 0.2) is 0 Å². The number of carbonyl (C=O) groups is 1. The zero-order valence-corrected chi connectivity index (χ0v) is 17.9. The first kappa shape index (κ1) is 20.7. The summed E-state index contributed by atoms with van der Waals surface area (Å²) in [7, 11) is 0. The summed E-state index contributed by atoms with van der Waals surface area (Å²) in [6.45, 7) is 6.99. The van der Waals surface area contributed by atoms with Crippen LogP contribution in [0, 0.1) is 46.3 Å². The third-order valence-corrected chi connectivity index (χ3v) is 10.3. The minimum Gasteiger partial charge on any atom is -0.481 e. The molecule has 4 aliphatic rings. The van der Waals surface area contributed by atoms with Gasteiger partial charge in [-0.25, -0.2) is 0 Å². The molecule has 4 heteroatoms. The average Bonchev–Trinajstić information content (AvgIpc) is 3.00. The Bertz CT molecular complexity index is 605. The number of fused-ring (bicyclic) bond motifs is 5. The Morgan fingerprint density at radius 2 is 1.79 bits per heavy atom. The van der Waals surface area contributed by atoms with Crippen LogP contribution in [-0.2, 0) is 4.79 Å². The number of hydrogen-bond donors (Lipinski definition) is 3. The van der Waals surface area contributed by atoms with Crippen LogP contribution in [0.4, 0.5) is 0 Å². The second kappa shape index (κ2) is 7.27. The van der Waals surface area contributed by atoms with Crippen molar-refractivity contribution in [3.63, 3.8) is 0 Å². The minimum absolute atomic E-state index is 0.0591. The Morgan fingerprint density at radius 3 is 2.50 bits per heavy atom. The van der Waals surface area contributed by atoms with Crippen molar-refractivity contribution in [3.8, 4) is 0 Å². The first-order chi connectivity index (χ1) is 13.2. The standard InChI is InChI=1S/C24H40O4/c1-14(4-9-22(27)28)18-7-8-19-17-6-5-15-12-16(25)10-11-23(15,2)20(17)13-21(26)24(18,19)3/h14-21,25-26H,4-13H2,1-3H3,(H,27,28)/t14-,15-,16+,17?,18-,19?,20?,21+,23+,24-/m1/s1. The monoisotopic (exact) mass is 392 g/mol. The Morgan fingerprint density at radius 1 is 1.04 bits per heavy atom. The SMILES string of the molecule is C[C@H](CCC(=O)O)[C@H]1CCC2C3CC[C@@H]4C[C@@H](O)CC[C@]4(C)C3C[C@H](O)[C@@]21C. The van der Waals surface area contributed by atoms with Gasteiger partial charge in [-0.1, -0.05) is 20.8 Å². The molecule has 0 aromatic carbocycles. The van der Waals surface area contributed by atoms with Crippen LogP contribution in [0.1, 0.15) is 85.0 Å². The Kier molecular flexibility index (Phi) is 5.36. The van der Waals surface area contributed by atoms with Crippen molar-refractivity contribution in [2.45, 2.75) is 97.2 Å². The van der Waals surface area contributed by atoms with E-state index in [1.165, 1.54) is 19.3 Å². The molecule has 3 unspecified atom stereocenters. The van der Waals surface area contributed by atoms with Crippen molar-refractivity contribution in [2.75, 3.05) is 0 Å². The second-order valence-electron chi connectivity index (χ2n) is 11.3. The van der Waals surface area contributed by atoms with Crippen LogP contribution < -0.4 is 0 Å². The summed E-state index contributed by atoms with van der Waals surface area (Å²) in [4.78, 5) is 11.1. The van der Waals surface area contributed by atoms with Crippen molar-refractivity contribution in [3.05, 3.63) is 0 Å². The van der Waals surface area contributed by atoms with Gasteiger partial charge in [0, 0.05) is 6.42 Å². The van der Waals surface area contributed by atoms with Gasteiger partial charge < -0.3 is 15.3 Å². The topological polar surface area (TPSA) is 77.8 Å². The molecule has 0 radical (unpaired) electrons. The molecular weight excluding hydrogens is 352 g/mol. The molecule has 4 rings (SSSR count). The van der Waals surface area contributed by atoms with Gasteiger partial charge in [-0.15, -0.1) is 0 Å². The fourth-order valence-electron chi connectivity index (χ4n) is 8.71. The van der Waals surface area contributed by atoms with E-state index in [0.717, 1.165) is 38.5 Å². The van der Waals surface area contributed by atoms with Crippen LogP contribution in [0.5, 0.6) is 0 Å². The zero-order chi connectivity index (χ0) is 20.3. The summed E-state index contributed by atoms with van der Waals surface area (Å²) in [6, 6.07) is 0. The van der Waals surface area contributed by atoms with Gasteiger partial charge in [0.2, 0.25) is 0 Å². The summed E-state index contributed by atoms with van der Waals surface area (Å²) in [6.07, 6.45) is 9.26. The van der Waals surface area contributed by atoms with Crippen molar-refractivity contribution in [2.24, 2.45) is 46.3 Å². The maximum atomic E-state index is 11.5. The van der Waals surface area contributed by atoms with Crippen LogP contribution in [0.3, 0.4) is 0 Å². The number of hydrogen-bond acceptors (Lipinski definition) is 3. The van der Waals surface area contributed by atoms with E-state index in [1.54, 1.807) is 0 Å². The van der Waals surface area contributed by atoms with Crippen LogP contribution in [0.2, 0.25) is 0 Å². The lowest BCUT2D eigenvalue weighted by molar-refractivity contribution is -0.175. The summed E-state index contributed by atoms with van der Waals surface area (Å²) in [5, 5.41) is 30.8. The van der Waals surface area contributed by atoms with E-state index >= 15 is 0 Å². The molecule has 160 valence electrons. The number of aliphatic carboxylic acids is 1. The number of carboxylic acid groups (broad SMARTS) is 1. The van der Waals surface area contributed by atoms with Crippen molar-refractivity contribution < 1.29 is 20.1 Å². The normalized spacial score (nSPS) is 51.7. The summed E-state index contributed by atoms with van der Waals surface area (Å²) >= 11 is 0. The van der Waals surface area contributed by atoms with Gasteiger partial charge in [0.25, 0.3) is 0 Å². The largest absolute Gasteiger partial charge is 0.481 e. The molecule has 0 heterocycles. The second-order valence-corrected chi connectivity index (χ2v) is 11.3. The van der Waals surface area contributed by atoms with Gasteiger partial charge in [-0.05, 0) is 104 Å². The fraction of sp³-hybridized carbons (Fsp3) is 0.958. The summed E-state index contributed by atoms with van der Waals surface area (Å²) in [5.74, 6) is 2.55. The third kappa shape index (κ3) is 3.05. The van der Waals surface area contributed by atoms with Crippen LogP contribution in [-0.4, -0.2) is 33.5 Å². The lowest BCUT2D eigenvalue weighted by Gasteiger charge is -2.62. The molecule has 0 aromatic rings. The molecule has 3 N–H and O–H groups in total. The summed E-state index contributed by atoms with van der Waals surface area (Å²) < 4.78 is 0. The number of aliphatic hydroxyl groups excluding tert-OH is 2. The number of aliphatic hydroxyl groups is 2. The van der Waals surface area contributed by atoms with E-state index in [1.807, 2.05) is 0 Å². The van der Waals surface area contributed by atoms with E-state index in [2.05, 4.69) is 20.8 Å². The van der Waals surface area contributed by atoms with E-state index in [0.29, 0.717) is 35.5 Å². The predicted octanol–water partition coefficient (Wildman–Crippen LogP) is 4.48. The minimum atomic E-state index is -0.707. The molecule has 28 heavy (non-hydrogen) atoms. The van der Waals surface area contributed by atoms with E-state index < -0.39 is 5.97 Å². The first-order valence-corrected chi connectivity index (χ1v) is 11.8. The quantitative estimate of drug-likeness (QED) is 0.659. The van der Waals surface area contributed by atoms with E-state index in [-0.39, 0.29) is 29.5 Å². The fourth-order valence-corrected chi connectivity index (χ4v) is 8.71. The third-order valence-electron chi connectivity index (χ3n) is 10.3. The highest BCUT2D eigenvalue weighted by Crippen LogP contribution is 2.68. The summed E-state index contributed by atoms with van der Waals surface area (Å²) in [5.41, 5.74) is 0.216. The van der Waals surface area contributed by atoms with Gasteiger partial charge >= 0.3 is 5.97 Å². The molecule has 4 saturated carbocycles. The van der Waals surface area contributed by atoms with E-state index in [4.69, 9.17) is 5.11 Å². The molecule has 0 aliphatic heterocycles. The Balaban J connectivity index is 1.56. The predicted molar refractivity (Wildman–Crippen MR) is 109 cm³/mol. The maximum absolute atomic E-state index is 11.5. The van der Waals surface area contributed by atoms with E-state index in [9.17, 15) is 15.0 Å². The molecule has 10 atom stereocenters. The molecule has 0 aromatic heterocycles. The van der Waals surface area contributed by atoms with Crippen molar-refractivity contribution >= 4 is 5.97 Å². The molecule has 0 amide bonds. The molecule has 0 bridgehead atoms.